The van der Waals surface area contributed by atoms with E-state index in [-0.39, 0.29) is 18.5 Å². The predicted octanol–water partition coefficient (Wildman–Crippen LogP) is 1.41. The number of rotatable bonds is 7. The van der Waals surface area contributed by atoms with Gasteiger partial charge in [0, 0.05) is 18.6 Å². The van der Waals surface area contributed by atoms with E-state index in [1.165, 1.54) is 18.2 Å². The molecule has 112 valence electrons. The molecule has 0 heterocycles. The third-order valence-corrected chi connectivity index (χ3v) is 2.91. The summed E-state index contributed by atoms with van der Waals surface area (Å²) >= 11 is 3.10. The van der Waals surface area contributed by atoms with Crippen LogP contribution < -0.4 is 11.1 Å². The molecule has 1 atom stereocenters. The second-order valence-electron chi connectivity index (χ2n) is 4.35. The molecule has 2 amide bonds. The Kier molecular flexibility index (Phi) is 6.04. The number of nitrogens with one attached hydrogen (secondary N) is 1. The third kappa shape index (κ3) is 5.74. The average Bonchev–Trinajstić information content (AvgIpc) is 2.37. The molecule has 0 bridgehead atoms. The van der Waals surface area contributed by atoms with Gasteiger partial charge < -0.3 is 11.1 Å². The molecule has 0 aliphatic heterocycles. The van der Waals surface area contributed by atoms with Crippen LogP contribution in [0, 0.1) is 10.1 Å². The molecule has 0 aliphatic rings. The molecule has 0 saturated carbocycles. The normalized spacial score (nSPS) is 11.5. The van der Waals surface area contributed by atoms with Gasteiger partial charge in [0.2, 0.25) is 11.8 Å². The second kappa shape index (κ2) is 7.53. The highest BCUT2D eigenvalue weighted by Crippen LogP contribution is 2.14. The number of primary amides is 1. The molecule has 3 N–H and O–H groups in total. The minimum Gasteiger partial charge on any atom is -0.368 e. The second-order valence-corrected chi connectivity index (χ2v) is 5.47. The first kappa shape index (κ1) is 16.8. The highest BCUT2D eigenvalue weighted by atomic mass is 79.9. The summed E-state index contributed by atoms with van der Waals surface area (Å²) in [5.41, 5.74) is 5.56. The van der Waals surface area contributed by atoms with Gasteiger partial charge in [-0.3, -0.25) is 19.7 Å². The van der Waals surface area contributed by atoms with E-state index < -0.39 is 22.8 Å². The fourth-order valence-corrected chi connectivity index (χ4v) is 1.98. The number of benzene rings is 1. The van der Waals surface area contributed by atoms with Crippen molar-refractivity contribution >= 4 is 33.4 Å². The number of hydrogen-bond acceptors (Lipinski definition) is 4. The van der Waals surface area contributed by atoms with Crippen molar-refractivity contribution in [2.24, 2.45) is 5.73 Å². The number of hydrogen-bond donors (Lipinski definition) is 2. The summed E-state index contributed by atoms with van der Waals surface area (Å²) in [5, 5.41) is 13.1. The smallest absolute Gasteiger partial charge is 0.269 e. The SMILES string of the molecule is C=C(Br)C[C@H](NC(=O)Cc1cccc([N+](=O)[O-])c1)C(N)=O. The summed E-state index contributed by atoms with van der Waals surface area (Å²) < 4.78 is 0.530. The Labute approximate surface area is 129 Å². The highest BCUT2D eigenvalue weighted by molar-refractivity contribution is 9.11. The standard InChI is InChI=1S/C13H14BrN3O4/c1-8(14)5-11(13(15)19)16-12(18)7-9-3-2-4-10(6-9)17(20)21/h2-4,6,11H,1,5,7H2,(H2,15,19)(H,16,18)/t11-/m0/s1. The first-order valence-electron chi connectivity index (χ1n) is 5.95. The van der Waals surface area contributed by atoms with Crippen LogP contribution in [0.1, 0.15) is 12.0 Å². The summed E-state index contributed by atoms with van der Waals surface area (Å²) in [6, 6.07) is 4.86. The third-order valence-electron chi connectivity index (χ3n) is 2.59. The van der Waals surface area contributed by atoms with Gasteiger partial charge in [-0.2, -0.15) is 0 Å². The molecule has 0 saturated heterocycles. The Bertz CT molecular complexity index is 589. The zero-order chi connectivity index (χ0) is 16.0. The van der Waals surface area contributed by atoms with Gasteiger partial charge in [-0.1, -0.05) is 34.6 Å². The van der Waals surface area contributed by atoms with Crippen molar-refractivity contribution in [2.45, 2.75) is 18.9 Å². The van der Waals surface area contributed by atoms with Crippen molar-refractivity contribution < 1.29 is 14.5 Å². The molecular formula is C13H14BrN3O4. The zero-order valence-electron chi connectivity index (χ0n) is 11.0. The fraction of sp³-hybridized carbons (Fsp3) is 0.231. The maximum Gasteiger partial charge on any atom is 0.269 e. The van der Waals surface area contributed by atoms with Gasteiger partial charge in [0.25, 0.3) is 5.69 Å². The molecule has 8 heteroatoms. The van der Waals surface area contributed by atoms with Gasteiger partial charge in [0.05, 0.1) is 11.3 Å². The van der Waals surface area contributed by atoms with Crippen LogP contribution in [0.25, 0.3) is 0 Å². The Morgan fingerprint density at radius 1 is 1.48 bits per heavy atom. The number of halogens is 1. The van der Waals surface area contributed by atoms with Crippen molar-refractivity contribution in [3.63, 3.8) is 0 Å². The van der Waals surface area contributed by atoms with Gasteiger partial charge >= 0.3 is 0 Å². The van der Waals surface area contributed by atoms with Crippen molar-refractivity contribution in [2.75, 3.05) is 0 Å². The van der Waals surface area contributed by atoms with E-state index in [0.29, 0.717) is 10.0 Å². The minimum absolute atomic E-state index is 0.0831. The Morgan fingerprint density at radius 2 is 2.14 bits per heavy atom. The zero-order valence-corrected chi connectivity index (χ0v) is 12.6. The lowest BCUT2D eigenvalue weighted by molar-refractivity contribution is -0.384. The summed E-state index contributed by atoms with van der Waals surface area (Å²) in [4.78, 5) is 33.2. The van der Waals surface area contributed by atoms with E-state index in [1.807, 2.05) is 0 Å². The number of nitrogens with zero attached hydrogens (tertiary/aromatic N) is 1. The van der Waals surface area contributed by atoms with E-state index in [9.17, 15) is 19.7 Å². The highest BCUT2D eigenvalue weighted by Gasteiger charge is 2.19. The summed E-state index contributed by atoms with van der Waals surface area (Å²) in [7, 11) is 0. The van der Waals surface area contributed by atoms with E-state index in [4.69, 9.17) is 5.73 Å². The average molecular weight is 356 g/mol. The number of nitro groups is 1. The van der Waals surface area contributed by atoms with E-state index in [2.05, 4.69) is 27.8 Å². The van der Waals surface area contributed by atoms with Crippen molar-refractivity contribution in [1.29, 1.82) is 0 Å². The summed E-state index contributed by atoms with van der Waals surface area (Å²) in [6.07, 6.45) is 0.0935. The van der Waals surface area contributed by atoms with Crippen LogP contribution in [0.4, 0.5) is 5.69 Å². The molecule has 0 spiro atoms. The first-order valence-corrected chi connectivity index (χ1v) is 6.74. The molecule has 1 aromatic carbocycles. The number of carbonyl (C=O) groups excluding carboxylic acids is 2. The van der Waals surface area contributed by atoms with Gasteiger partial charge in [0.1, 0.15) is 6.04 Å². The Hall–Kier alpha value is -2.22. The number of non-ortho nitro benzene ring substituents is 1. The number of carbonyl (C=O) groups is 2. The molecule has 0 aromatic heterocycles. The van der Waals surface area contributed by atoms with Crippen LogP contribution in [0.2, 0.25) is 0 Å². The molecule has 0 aliphatic carbocycles. The topological polar surface area (TPSA) is 115 Å². The molecule has 0 radical (unpaired) electrons. The van der Waals surface area contributed by atoms with Crippen molar-refractivity contribution in [3.8, 4) is 0 Å². The van der Waals surface area contributed by atoms with Gasteiger partial charge in [-0.05, 0) is 10.0 Å². The number of nitrogens with two attached hydrogens (primary N) is 1. The molecule has 0 unspecified atom stereocenters. The van der Waals surface area contributed by atoms with E-state index in [0.717, 1.165) is 0 Å². The molecule has 1 aromatic rings. The van der Waals surface area contributed by atoms with Crippen molar-refractivity contribution in [1.82, 2.24) is 5.32 Å². The van der Waals surface area contributed by atoms with E-state index in [1.54, 1.807) is 6.07 Å². The van der Waals surface area contributed by atoms with Crippen LogP contribution in [-0.2, 0) is 16.0 Å². The number of amides is 2. The first-order chi connectivity index (χ1) is 9.79. The van der Waals surface area contributed by atoms with Crippen LogP contribution >= 0.6 is 15.9 Å². The van der Waals surface area contributed by atoms with Crippen LogP contribution in [-0.4, -0.2) is 22.8 Å². The molecule has 7 nitrogen and oxygen atoms in total. The van der Waals surface area contributed by atoms with Crippen LogP contribution in [0.15, 0.2) is 35.3 Å². The largest absolute Gasteiger partial charge is 0.368 e. The Morgan fingerprint density at radius 3 is 2.67 bits per heavy atom. The lowest BCUT2D eigenvalue weighted by atomic mass is 10.1. The fourth-order valence-electron chi connectivity index (χ4n) is 1.65. The van der Waals surface area contributed by atoms with Crippen molar-refractivity contribution in [3.05, 3.63) is 51.0 Å². The van der Waals surface area contributed by atoms with Gasteiger partial charge in [0.15, 0.2) is 0 Å². The lowest BCUT2D eigenvalue weighted by Gasteiger charge is -2.14. The maximum atomic E-state index is 11.9. The van der Waals surface area contributed by atoms with Gasteiger partial charge in [-0.15, -0.1) is 0 Å². The molecule has 0 fully saturated rings. The van der Waals surface area contributed by atoms with Crippen LogP contribution in [0.3, 0.4) is 0 Å². The van der Waals surface area contributed by atoms with Gasteiger partial charge in [-0.25, -0.2) is 0 Å². The summed E-state index contributed by atoms with van der Waals surface area (Å²) in [6.45, 7) is 3.58. The molecular weight excluding hydrogens is 342 g/mol. The predicted molar refractivity (Wildman–Crippen MR) is 80.6 cm³/mol. The van der Waals surface area contributed by atoms with E-state index >= 15 is 0 Å². The lowest BCUT2D eigenvalue weighted by Crippen LogP contribution is -2.45. The molecule has 1 rings (SSSR count). The maximum absolute atomic E-state index is 11.9. The molecule has 21 heavy (non-hydrogen) atoms. The summed E-state index contributed by atoms with van der Waals surface area (Å²) in [5.74, 6) is -1.13. The number of nitro benzene ring substituents is 1. The minimum atomic E-state index is -0.872. The monoisotopic (exact) mass is 355 g/mol. The quantitative estimate of drug-likeness (QED) is 0.568. The van der Waals surface area contributed by atoms with Crippen LogP contribution in [0.5, 0.6) is 0 Å². The Balaban J connectivity index is 2.72.